The number of para-hydroxylation sites is 3. The van der Waals surface area contributed by atoms with Crippen LogP contribution in [0.1, 0.15) is 0 Å². The van der Waals surface area contributed by atoms with E-state index in [4.69, 9.17) is 0 Å². The average Bonchev–Trinajstić information content (AvgIpc) is 4.03. The molecule has 0 radical (unpaired) electrons. The van der Waals surface area contributed by atoms with Crippen molar-refractivity contribution in [3.8, 4) is 67.0 Å². The van der Waals surface area contributed by atoms with Crippen LogP contribution >= 0.6 is 0 Å². The zero-order valence-electron chi connectivity index (χ0n) is 41.1. The Bertz CT molecular complexity index is 4270. The molecule has 75 heavy (non-hydrogen) atoms. The fraction of sp³-hybridized carbons (Fsp3) is 0. The van der Waals surface area contributed by atoms with Crippen LogP contribution in [0.25, 0.3) is 111 Å². The number of aromatic nitrogens is 2. The van der Waals surface area contributed by atoms with Gasteiger partial charge in [-0.3, -0.25) is 0 Å². The summed E-state index contributed by atoms with van der Waals surface area (Å²) >= 11 is 0. The third-order valence-corrected chi connectivity index (χ3v) is 14.9. The summed E-state index contributed by atoms with van der Waals surface area (Å²) in [6, 6.07) is 108. The molecule has 3 nitrogen and oxygen atoms in total. The lowest BCUT2D eigenvalue weighted by molar-refractivity contribution is 1.17. The first-order chi connectivity index (χ1) is 37.2. The van der Waals surface area contributed by atoms with E-state index in [0.29, 0.717) is 0 Å². The van der Waals surface area contributed by atoms with E-state index in [1.165, 1.54) is 93.7 Å². The molecule has 0 saturated carbocycles. The lowest BCUT2D eigenvalue weighted by atomic mass is 9.93. The monoisotopic (exact) mass is 955 g/mol. The van der Waals surface area contributed by atoms with Crippen LogP contribution in [0.2, 0.25) is 0 Å². The molecule has 0 aliphatic rings. The number of fused-ring (bicyclic) bond motifs is 6. The number of hydrogen-bond acceptors (Lipinski definition) is 1. The Morgan fingerprint density at radius 2 is 0.533 bits per heavy atom. The Morgan fingerprint density at radius 1 is 0.187 bits per heavy atom. The van der Waals surface area contributed by atoms with Gasteiger partial charge in [-0.15, -0.1) is 0 Å². The predicted molar refractivity (Wildman–Crippen MR) is 317 cm³/mol. The summed E-state index contributed by atoms with van der Waals surface area (Å²) < 4.78 is 4.86. The second-order valence-corrected chi connectivity index (χ2v) is 19.4. The minimum atomic E-state index is 1.10. The van der Waals surface area contributed by atoms with Crippen molar-refractivity contribution in [2.24, 2.45) is 0 Å². The molecule has 14 aromatic rings. The SMILES string of the molecule is c1ccc(-c2cc(-c3ccccc3)cc(-c3cccc(-n4c5ccccc5c5cc(-c6ccc7c(c6)c6cc(-c8ccccc8)ccc6n7-c6ccc(N(c7ccccc7)c7ccccc7)cc6)ccc54)c3)c2)cc1. The highest BCUT2D eigenvalue weighted by molar-refractivity contribution is 6.13. The Morgan fingerprint density at radius 3 is 1.04 bits per heavy atom. The molecule has 0 unspecified atom stereocenters. The van der Waals surface area contributed by atoms with Crippen molar-refractivity contribution in [1.29, 1.82) is 0 Å². The minimum Gasteiger partial charge on any atom is -0.311 e. The number of anilines is 3. The molecular weight excluding hydrogens is 907 g/mol. The summed E-state index contributed by atoms with van der Waals surface area (Å²) in [7, 11) is 0. The third kappa shape index (κ3) is 7.95. The molecule has 0 spiro atoms. The highest BCUT2D eigenvalue weighted by Gasteiger charge is 2.19. The number of hydrogen-bond donors (Lipinski definition) is 0. The normalized spacial score (nSPS) is 11.5. The van der Waals surface area contributed by atoms with E-state index in [2.05, 4.69) is 311 Å². The van der Waals surface area contributed by atoms with Gasteiger partial charge in [0.05, 0.1) is 22.1 Å². The molecular formula is C72H49N3. The van der Waals surface area contributed by atoms with Crippen molar-refractivity contribution in [1.82, 2.24) is 9.13 Å². The van der Waals surface area contributed by atoms with Crippen molar-refractivity contribution >= 4 is 60.7 Å². The Labute approximate surface area is 436 Å². The van der Waals surface area contributed by atoms with Crippen molar-refractivity contribution in [3.05, 3.63) is 297 Å². The van der Waals surface area contributed by atoms with Gasteiger partial charge in [-0.05, 0) is 177 Å². The largest absolute Gasteiger partial charge is 0.311 e. The smallest absolute Gasteiger partial charge is 0.0541 e. The maximum Gasteiger partial charge on any atom is 0.0541 e. The van der Waals surface area contributed by atoms with Crippen LogP contribution in [0, 0.1) is 0 Å². The van der Waals surface area contributed by atoms with Crippen LogP contribution in [0.5, 0.6) is 0 Å². The van der Waals surface area contributed by atoms with Gasteiger partial charge in [0, 0.05) is 50.0 Å². The molecule has 0 bridgehead atoms. The number of rotatable bonds is 10. The molecule has 0 N–H and O–H groups in total. The Balaban J connectivity index is 0.881. The molecule has 0 fully saturated rings. The molecule has 14 rings (SSSR count). The van der Waals surface area contributed by atoms with Crippen molar-refractivity contribution in [3.63, 3.8) is 0 Å². The van der Waals surface area contributed by atoms with Gasteiger partial charge in [-0.25, -0.2) is 0 Å². The van der Waals surface area contributed by atoms with Gasteiger partial charge in [0.1, 0.15) is 0 Å². The molecule has 2 aromatic heterocycles. The number of nitrogens with zero attached hydrogens (tertiary/aromatic N) is 3. The van der Waals surface area contributed by atoms with Crippen molar-refractivity contribution < 1.29 is 0 Å². The molecule has 2 heterocycles. The van der Waals surface area contributed by atoms with Crippen LogP contribution < -0.4 is 4.90 Å². The summed E-state index contributed by atoms with van der Waals surface area (Å²) in [6.45, 7) is 0. The highest BCUT2D eigenvalue weighted by atomic mass is 15.1. The lowest BCUT2D eigenvalue weighted by Crippen LogP contribution is -2.09. The summed E-state index contributed by atoms with van der Waals surface area (Å²) in [5.74, 6) is 0. The fourth-order valence-electron chi connectivity index (χ4n) is 11.3. The maximum absolute atomic E-state index is 2.43. The van der Waals surface area contributed by atoms with E-state index in [1.807, 2.05) is 0 Å². The van der Waals surface area contributed by atoms with Crippen LogP contribution in [0.4, 0.5) is 17.1 Å². The quantitative estimate of drug-likeness (QED) is 0.133. The van der Waals surface area contributed by atoms with E-state index in [0.717, 1.165) is 34.0 Å². The van der Waals surface area contributed by atoms with E-state index in [1.54, 1.807) is 0 Å². The third-order valence-electron chi connectivity index (χ3n) is 14.9. The van der Waals surface area contributed by atoms with Gasteiger partial charge < -0.3 is 14.0 Å². The average molecular weight is 956 g/mol. The molecule has 0 aliphatic heterocycles. The Hall–Kier alpha value is -9.96. The van der Waals surface area contributed by atoms with Crippen LogP contribution in [-0.2, 0) is 0 Å². The molecule has 352 valence electrons. The van der Waals surface area contributed by atoms with Gasteiger partial charge in [-0.1, -0.05) is 176 Å². The standard InChI is InChI=1S/C72H49N3/c1-6-19-50(20-7-1)54-33-40-71-67(47-54)68-49-56(35-42-72(68)74(71)63-38-36-62(37-39-63)73(60-26-12-4-13-27-60)61-28-14-5-15-29-61)55-34-41-70-66(48-55)65-31-16-17-32-69(65)75(70)64-30-18-25-53(46-64)59-44-57(51-21-8-2-9-22-51)43-58(45-59)52-23-10-3-11-24-52/h1-49H. The summed E-state index contributed by atoms with van der Waals surface area (Å²) in [4.78, 5) is 2.31. The number of benzene rings is 12. The van der Waals surface area contributed by atoms with Gasteiger partial charge in [0.15, 0.2) is 0 Å². The first-order valence-electron chi connectivity index (χ1n) is 25.7. The molecule has 0 amide bonds. The van der Waals surface area contributed by atoms with E-state index >= 15 is 0 Å². The molecule has 3 heteroatoms. The summed E-state index contributed by atoms with van der Waals surface area (Å²) in [5.41, 5.74) is 22.2. The van der Waals surface area contributed by atoms with Gasteiger partial charge in [0.2, 0.25) is 0 Å². The first kappa shape index (κ1) is 43.8. The Kier molecular flexibility index (Phi) is 10.8. The molecule has 12 aromatic carbocycles. The minimum absolute atomic E-state index is 1.10. The van der Waals surface area contributed by atoms with E-state index < -0.39 is 0 Å². The van der Waals surface area contributed by atoms with Crippen LogP contribution in [-0.4, -0.2) is 9.13 Å². The van der Waals surface area contributed by atoms with Gasteiger partial charge in [0.25, 0.3) is 0 Å². The molecule has 0 saturated heterocycles. The van der Waals surface area contributed by atoms with Gasteiger partial charge in [-0.2, -0.15) is 0 Å². The molecule has 0 atom stereocenters. The van der Waals surface area contributed by atoms with Crippen molar-refractivity contribution in [2.75, 3.05) is 4.90 Å². The zero-order valence-corrected chi connectivity index (χ0v) is 41.1. The second kappa shape index (κ2) is 18.6. The summed E-state index contributed by atoms with van der Waals surface area (Å²) in [5, 5.41) is 4.88. The zero-order chi connectivity index (χ0) is 49.7. The first-order valence-corrected chi connectivity index (χ1v) is 25.7. The lowest BCUT2D eigenvalue weighted by Gasteiger charge is -2.25. The maximum atomic E-state index is 2.43. The van der Waals surface area contributed by atoms with E-state index in [-0.39, 0.29) is 0 Å². The van der Waals surface area contributed by atoms with Crippen molar-refractivity contribution in [2.45, 2.75) is 0 Å². The van der Waals surface area contributed by atoms with Crippen LogP contribution in [0.15, 0.2) is 297 Å². The summed E-state index contributed by atoms with van der Waals surface area (Å²) in [6.07, 6.45) is 0. The van der Waals surface area contributed by atoms with E-state index in [9.17, 15) is 0 Å². The highest BCUT2D eigenvalue weighted by Crippen LogP contribution is 2.42. The molecule has 0 aliphatic carbocycles. The topological polar surface area (TPSA) is 13.1 Å². The fourth-order valence-corrected chi connectivity index (χ4v) is 11.3. The van der Waals surface area contributed by atoms with Crippen LogP contribution in [0.3, 0.4) is 0 Å². The second-order valence-electron chi connectivity index (χ2n) is 19.4. The van der Waals surface area contributed by atoms with Gasteiger partial charge >= 0.3 is 0 Å². The predicted octanol–water partition coefficient (Wildman–Crippen LogP) is 19.7.